The van der Waals surface area contributed by atoms with E-state index >= 15 is 0 Å². The maximum atomic E-state index is 2.52. The fraction of sp³-hybridized carbons (Fsp3) is 1.00. The Morgan fingerprint density at radius 1 is 0.800 bits per heavy atom. The van der Waals surface area contributed by atoms with E-state index in [2.05, 4.69) is 27.7 Å². The van der Waals surface area contributed by atoms with Gasteiger partial charge in [-0.1, -0.05) is 53.4 Å². The summed E-state index contributed by atoms with van der Waals surface area (Å²) < 4.78 is 0. The largest absolute Gasteiger partial charge is 0.0654 e. The van der Waals surface area contributed by atoms with Gasteiger partial charge in [0, 0.05) is 0 Å². The van der Waals surface area contributed by atoms with Gasteiger partial charge in [-0.2, -0.15) is 0 Å². The van der Waals surface area contributed by atoms with Crippen LogP contribution in [0.5, 0.6) is 0 Å². The first-order chi connectivity index (χ1) is 6.97. The van der Waals surface area contributed by atoms with Gasteiger partial charge in [0.15, 0.2) is 0 Å². The van der Waals surface area contributed by atoms with Crippen molar-refractivity contribution in [1.29, 1.82) is 0 Å². The van der Waals surface area contributed by atoms with E-state index in [-0.39, 0.29) is 0 Å². The topological polar surface area (TPSA) is 0 Å². The Hall–Kier alpha value is 0. The Kier molecular flexibility index (Phi) is 4.67. The van der Waals surface area contributed by atoms with Crippen molar-refractivity contribution in [3.05, 3.63) is 0 Å². The fourth-order valence-corrected chi connectivity index (χ4v) is 3.25. The molecule has 0 saturated heterocycles. The third-order valence-corrected chi connectivity index (χ3v) is 4.37. The van der Waals surface area contributed by atoms with Crippen molar-refractivity contribution in [2.45, 2.75) is 85.5 Å². The average Bonchev–Trinajstić information content (AvgIpc) is 2.17. The zero-order valence-electron chi connectivity index (χ0n) is 11.4. The van der Waals surface area contributed by atoms with Gasteiger partial charge in [0.1, 0.15) is 0 Å². The van der Waals surface area contributed by atoms with Crippen LogP contribution in [0.25, 0.3) is 0 Å². The summed E-state index contributed by atoms with van der Waals surface area (Å²) in [6.45, 7) is 9.77. The molecule has 1 fully saturated rings. The van der Waals surface area contributed by atoms with Crippen LogP contribution in [0.15, 0.2) is 0 Å². The Morgan fingerprint density at radius 3 is 2.00 bits per heavy atom. The second-order valence-electron chi connectivity index (χ2n) is 6.79. The van der Waals surface area contributed by atoms with Crippen molar-refractivity contribution in [2.75, 3.05) is 0 Å². The predicted octanol–water partition coefficient (Wildman–Crippen LogP) is 5.56. The summed E-state index contributed by atoms with van der Waals surface area (Å²) in [5.41, 5.74) is 1.27. The van der Waals surface area contributed by atoms with Gasteiger partial charge in [-0.05, 0) is 42.9 Å². The first-order valence-corrected chi connectivity index (χ1v) is 6.97. The maximum absolute atomic E-state index is 2.52. The Morgan fingerprint density at radius 2 is 1.33 bits per heavy atom. The molecule has 0 N–H and O–H groups in total. The van der Waals surface area contributed by atoms with Crippen molar-refractivity contribution in [1.82, 2.24) is 0 Å². The molecule has 0 aromatic carbocycles. The van der Waals surface area contributed by atoms with E-state index in [1.165, 1.54) is 57.8 Å². The average molecular weight is 210 g/mol. The Balaban J connectivity index is 2.52. The Labute approximate surface area is 96.8 Å². The Bertz CT molecular complexity index is 180. The van der Waals surface area contributed by atoms with Crippen LogP contribution < -0.4 is 0 Å². The highest BCUT2D eigenvalue weighted by molar-refractivity contribution is 4.79. The highest BCUT2D eigenvalue weighted by Gasteiger charge is 2.26. The van der Waals surface area contributed by atoms with Crippen LogP contribution in [-0.4, -0.2) is 0 Å². The van der Waals surface area contributed by atoms with Crippen LogP contribution in [0.2, 0.25) is 0 Å². The first kappa shape index (κ1) is 13.1. The van der Waals surface area contributed by atoms with Gasteiger partial charge < -0.3 is 0 Å². The highest BCUT2D eigenvalue weighted by Crippen LogP contribution is 2.40. The number of hydrogen-bond donors (Lipinski definition) is 0. The number of rotatable bonds is 2. The maximum Gasteiger partial charge on any atom is -0.0326 e. The summed E-state index contributed by atoms with van der Waals surface area (Å²) in [4.78, 5) is 0. The van der Waals surface area contributed by atoms with Gasteiger partial charge in [-0.15, -0.1) is 0 Å². The molecular weight excluding hydrogens is 180 g/mol. The molecule has 1 aliphatic rings. The second kappa shape index (κ2) is 5.37. The zero-order chi connectivity index (χ0) is 11.4. The normalized spacial score (nSPS) is 32.8. The van der Waals surface area contributed by atoms with Crippen LogP contribution in [-0.2, 0) is 0 Å². The van der Waals surface area contributed by atoms with Gasteiger partial charge in [0.25, 0.3) is 0 Å². The minimum Gasteiger partial charge on any atom is -0.0654 e. The first-order valence-electron chi connectivity index (χ1n) is 6.97. The standard InChI is InChI=1S/C15H30/c1-5-9-15(4)12-7-6-10-14(2,3)11-8-13-15/h5-13H2,1-4H3. The molecule has 90 valence electrons. The molecule has 0 aromatic rings. The van der Waals surface area contributed by atoms with Crippen LogP contribution >= 0.6 is 0 Å². The second-order valence-corrected chi connectivity index (χ2v) is 6.79. The molecule has 0 radical (unpaired) electrons. The van der Waals surface area contributed by atoms with Crippen LogP contribution in [0, 0.1) is 10.8 Å². The zero-order valence-corrected chi connectivity index (χ0v) is 11.4. The highest BCUT2D eigenvalue weighted by atomic mass is 14.3. The molecule has 0 spiro atoms. The summed E-state index contributed by atoms with van der Waals surface area (Å²) in [5, 5.41) is 0. The lowest BCUT2D eigenvalue weighted by molar-refractivity contribution is 0.229. The molecule has 0 amide bonds. The molecule has 1 aliphatic carbocycles. The lowest BCUT2D eigenvalue weighted by Gasteiger charge is -2.29. The molecule has 0 aromatic heterocycles. The van der Waals surface area contributed by atoms with Gasteiger partial charge in [-0.3, -0.25) is 0 Å². The van der Waals surface area contributed by atoms with E-state index in [9.17, 15) is 0 Å². The van der Waals surface area contributed by atoms with Crippen LogP contribution in [0.4, 0.5) is 0 Å². The van der Waals surface area contributed by atoms with E-state index in [4.69, 9.17) is 0 Å². The molecular formula is C15H30. The van der Waals surface area contributed by atoms with E-state index in [1.54, 1.807) is 0 Å². The van der Waals surface area contributed by atoms with E-state index < -0.39 is 0 Å². The fourth-order valence-electron chi connectivity index (χ4n) is 3.25. The summed E-state index contributed by atoms with van der Waals surface area (Å²) in [7, 11) is 0. The van der Waals surface area contributed by atoms with Crippen molar-refractivity contribution in [2.24, 2.45) is 10.8 Å². The molecule has 1 rings (SSSR count). The quantitative estimate of drug-likeness (QED) is 0.559. The summed E-state index contributed by atoms with van der Waals surface area (Å²) in [6.07, 6.45) is 13.0. The van der Waals surface area contributed by atoms with Crippen LogP contribution in [0.1, 0.15) is 85.5 Å². The summed E-state index contributed by atoms with van der Waals surface area (Å²) in [6, 6.07) is 0. The minimum absolute atomic E-state index is 0.609. The van der Waals surface area contributed by atoms with Gasteiger partial charge >= 0.3 is 0 Å². The molecule has 1 saturated carbocycles. The van der Waals surface area contributed by atoms with E-state index in [0.29, 0.717) is 10.8 Å². The molecule has 15 heavy (non-hydrogen) atoms. The molecule has 0 heteroatoms. The molecule has 0 nitrogen and oxygen atoms in total. The van der Waals surface area contributed by atoms with Gasteiger partial charge in [0.2, 0.25) is 0 Å². The molecule has 0 bridgehead atoms. The van der Waals surface area contributed by atoms with Gasteiger partial charge in [-0.25, -0.2) is 0 Å². The minimum atomic E-state index is 0.609. The molecule has 1 atom stereocenters. The molecule has 0 heterocycles. The summed E-state index contributed by atoms with van der Waals surface area (Å²) in [5.74, 6) is 0. The van der Waals surface area contributed by atoms with Crippen molar-refractivity contribution in [3.63, 3.8) is 0 Å². The van der Waals surface area contributed by atoms with E-state index in [1.807, 2.05) is 0 Å². The predicted molar refractivity (Wildman–Crippen MR) is 69.1 cm³/mol. The van der Waals surface area contributed by atoms with Crippen molar-refractivity contribution < 1.29 is 0 Å². The van der Waals surface area contributed by atoms with Gasteiger partial charge in [0.05, 0.1) is 0 Å². The SMILES string of the molecule is CCCC1(C)CCCCC(C)(C)CCC1. The lowest BCUT2D eigenvalue weighted by atomic mass is 9.76. The van der Waals surface area contributed by atoms with E-state index in [0.717, 1.165) is 0 Å². The van der Waals surface area contributed by atoms with Crippen molar-refractivity contribution in [3.8, 4) is 0 Å². The third kappa shape index (κ3) is 4.57. The molecule has 1 unspecified atom stereocenters. The van der Waals surface area contributed by atoms with Crippen molar-refractivity contribution >= 4 is 0 Å². The van der Waals surface area contributed by atoms with Crippen LogP contribution in [0.3, 0.4) is 0 Å². The molecule has 0 aliphatic heterocycles. The summed E-state index contributed by atoms with van der Waals surface area (Å²) >= 11 is 0. The number of hydrogen-bond acceptors (Lipinski definition) is 0. The third-order valence-electron chi connectivity index (χ3n) is 4.37. The smallest absolute Gasteiger partial charge is 0.0326 e. The lowest BCUT2D eigenvalue weighted by Crippen LogP contribution is -2.16. The monoisotopic (exact) mass is 210 g/mol.